The Bertz CT molecular complexity index is 1950. The van der Waals surface area contributed by atoms with E-state index in [2.05, 4.69) is 26.0 Å². The largest absolute Gasteiger partial charge is 0.497 e. The van der Waals surface area contributed by atoms with Crippen LogP contribution in [0.1, 0.15) is 69.4 Å². The lowest BCUT2D eigenvalue weighted by Gasteiger charge is -2.26. The number of ether oxygens (including phenoxy) is 2. The van der Waals surface area contributed by atoms with Gasteiger partial charge in [-0.2, -0.15) is 0 Å². The van der Waals surface area contributed by atoms with Crippen molar-refractivity contribution in [2.75, 3.05) is 44.1 Å². The molecule has 0 aliphatic heterocycles. The molecule has 0 spiro atoms. The van der Waals surface area contributed by atoms with Gasteiger partial charge >= 0.3 is 0 Å². The Morgan fingerprint density at radius 2 is 1.02 bits per heavy atom. The quantitative estimate of drug-likeness (QED) is 0.100. The zero-order valence-electron chi connectivity index (χ0n) is 31.0. The molecule has 0 atom stereocenters. The van der Waals surface area contributed by atoms with Crippen molar-refractivity contribution < 1.29 is 27.0 Å². The van der Waals surface area contributed by atoms with E-state index >= 15 is 0 Å². The summed E-state index contributed by atoms with van der Waals surface area (Å²) in [5.74, 6) is 1.96. The summed E-state index contributed by atoms with van der Waals surface area (Å²) < 4.78 is 67.4. The summed E-state index contributed by atoms with van der Waals surface area (Å²) in [6, 6.07) is 26.5. The molecule has 0 saturated heterocycles. The van der Waals surface area contributed by atoms with Crippen LogP contribution < -0.4 is 9.47 Å². The number of benzene rings is 4. The summed E-state index contributed by atoms with van der Waals surface area (Å²) in [6.45, 7) is 14.0. The van der Waals surface area contributed by atoms with E-state index in [1.807, 2.05) is 83.1 Å². The highest BCUT2D eigenvalue weighted by Crippen LogP contribution is 2.47. The highest BCUT2D eigenvalue weighted by atomic mass is 32.2. The van der Waals surface area contributed by atoms with Crippen LogP contribution in [0.5, 0.6) is 17.2 Å². The molecule has 6 nitrogen and oxygen atoms in total. The standard InChI is InChI=1S/C41H54O6P2S/c1-9-48(42,10-2)27-25-32-29-31(5)13-23-39(32)50(44,45)40-24-22-38(30-33(40)26-28-49(43,11-3)12-4)47-37-20-16-35(17-21-37)41(6,7)34-14-18-36(46-8)19-15-34/h13-24,29-30H,9-12,25-28H2,1-8H3. The van der Waals surface area contributed by atoms with Crippen molar-refractivity contribution in [1.29, 1.82) is 0 Å². The molecule has 50 heavy (non-hydrogen) atoms. The Morgan fingerprint density at radius 1 is 0.600 bits per heavy atom. The van der Waals surface area contributed by atoms with Gasteiger partial charge in [0.25, 0.3) is 0 Å². The Labute approximate surface area is 300 Å². The maximum atomic E-state index is 14.5. The number of sulfone groups is 1. The zero-order chi connectivity index (χ0) is 36.7. The lowest BCUT2D eigenvalue weighted by atomic mass is 9.78. The molecule has 0 aromatic heterocycles. The molecule has 0 unspecified atom stereocenters. The van der Waals surface area contributed by atoms with Crippen LogP contribution in [0.2, 0.25) is 0 Å². The number of rotatable bonds is 17. The predicted molar refractivity (Wildman–Crippen MR) is 209 cm³/mol. The molecule has 0 heterocycles. The van der Waals surface area contributed by atoms with Gasteiger partial charge < -0.3 is 18.6 Å². The maximum Gasteiger partial charge on any atom is 0.207 e. The van der Waals surface area contributed by atoms with E-state index in [1.165, 1.54) is 0 Å². The van der Waals surface area contributed by atoms with Crippen LogP contribution in [-0.2, 0) is 37.2 Å². The first-order valence-corrected chi connectivity index (χ1v) is 23.7. The highest BCUT2D eigenvalue weighted by molar-refractivity contribution is 7.91. The van der Waals surface area contributed by atoms with Crippen molar-refractivity contribution in [3.8, 4) is 17.2 Å². The first kappa shape index (κ1) is 39.7. The summed E-state index contributed by atoms with van der Waals surface area (Å²) in [4.78, 5) is 0.431. The number of methoxy groups -OCH3 is 1. The van der Waals surface area contributed by atoms with Crippen LogP contribution in [0.3, 0.4) is 0 Å². The second-order valence-electron chi connectivity index (χ2n) is 13.7. The molecule has 0 fully saturated rings. The Morgan fingerprint density at radius 3 is 1.48 bits per heavy atom. The SMILES string of the molecule is CCP(=O)(CC)CCc1cc(C)ccc1S(=O)(=O)c1ccc(Oc2ccc(C(C)(C)c3ccc(OC)cc3)cc2)cc1CCP(=O)(CC)CC. The molecular weight excluding hydrogens is 682 g/mol. The molecule has 270 valence electrons. The molecule has 4 aromatic rings. The average Bonchev–Trinajstić information content (AvgIpc) is 3.13. The average molecular weight is 737 g/mol. The molecular formula is C41H54O6P2S. The van der Waals surface area contributed by atoms with Gasteiger partial charge in [0.05, 0.1) is 31.2 Å². The summed E-state index contributed by atoms with van der Waals surface area (Å²) in [6.07, 6.45) is 3.99. The van der Waals surface area contributed by atoms with Gasteiger partial charge in [-0.15, -0.1) is 0 Å². The first-order chi connectivity index (χ1) is 23.6. The maximum absolute atomic E-state index is 14.5. The Kier molecular flexibility index (Phi) is 13.1. The van der Waals surface area contributed by atoms with Crippen molar-refractivity contribution in [3.63, 3.8) is 0 Å². The zero-order valence-corrected chi connectivity index (χ0v) is 33.6. The van der Waals surface area contributed by atoms with E-state index in [0.717, 1.165) is 22.4 Å². The molecule has 0 amide bonds. The monoisotopic (exact) mass is 736 g/mol. The number of hydrogen-bond acceptors (Lipinski definition) is 6. The molecule has 0 aliphatic carbocycles. The van der Waals surface area contributed by atoms with Crippen molar-refractivity contribution in [3.05, 3.63) is 113 Å². The van der Waals surface area contributed by atoms with E-state index in [9.17, 15) is 17.5 Å². The molecule has 4 rings (SSSR count). The topological polar surface area (TPSA) is 86.7 Å². The van der Waals surface area contributed by atoms with Crippen molar-refractivity contribution >= 4 is 24.1 Å². The molecule has 0 N–H and O–H groups in total. The van der Waals surface area contributed by atoms with Gasteiger partial charge in [-0.1, -0.05) is 83.5 Å². The lowest BCUT2D eigenvalue weighted by Crippen LogP contribution is -2.18. The third-order valence-electron chi connectivity index (χ3n) is 10.3. The van der Waals surface area contributed by atoms with Gasteiger partial charge in [0.2, 0.25) is 9.84 Å². The van der Waals surface area contributed by atoms with Crippen LogP contribution >= 0.6 is 14.3 Å². The minimum atomic E-state index is -3.96. The summed E-state index contributed by atoms with van der Waals surface area (Å²) >= 11 is 0. The fraction of sp³-hybridized carbons (Fsp3) is 0.415. The van der Waals surface area contributed by atoms with Crippen molar-refractivity contribution in [2.24, 2.45) is 0 Å². The lowest BCUT2D eigenvalue weighted by molar-refractivity contribution is 0.414. The second-order valence-corrected chi connectivity index (χ2v) is 23.2. The molecule has 9 heteroatoms. The minimum absolute atomic E-state index is 0.194. The highest BCUT2D eigenvalue weighted by Gasteiger charge is 2.28. The van der Waals surface area contributed by atoms with Gasteiger partial charge in [0, 0.05) is 17.7 Å². The molecule has 0 bridgehead atoms. The van der Waals surface area contributed by atoms with Gasteiger partial charge in [-0.3, -0.25) is 0 Å². The Hall–Kier alpha value is -3.11. The second kappa shape index (κ2) is 16.5. The van der Waals surface area contributed by atoms with E-state index in [-0.39, 0.29) is 15.2 Å². The third kappa shape index (κ3) is 9.21. The molecule has 0 saturated carbocycles. The van der Waals surface area contributed by atoms with Crippen molar-refractivity contribution in [2.45, 2.75) is 76.5 Å². The first-order valence-electron chi connectivity index (χ1n) is 17.7. The summed E-state index contributed by atoms with van der Waals surface area (Å²) in [7, 11) is -7.13. The van der Waals surface area contributed by atoms with Crippen LogP contribution in [0.15, 0.2) is 94.7 Å². The van der Waals surface area contributed by atoms with Gasteiger partial charge in [-0.05, 0) is 115 Å². The summed E-state index contributed by atoms with van der Waals surface area (Å²) in [5.41, 5.74) is 4.25. The van der Waals surface area contributed by atoms with Crippen LogP contribution in [0.4, 0.5) is 0 Å². The van der Waals surface area contributed by atoms with Gasteiger partial charge in [0.15, 0.2) is 0 Å². The normalized spacial score (nSPS) is 12.6. The Balaban J connectivity index is 1.69. The van der Waals surface area contributed by atoms with Crippen molar-refractivity contribution in [1.82, 2.24) is 0 Å². The van der Waals surface area contributed by atoms with E-state index < -0.39 is 24.1 Å². The van der Waals surface area contributed by atoms with E-state index in [0.29, 0.717) is 72.4 Å². The number of aryl methyl sites for hydroxylation is 3. The third-order valence-corrected chi connectivity index (χ3v) is 19.0. The van der Waals surface area contributed by atoms with Crippen LogP contribution in [0, 0.1) is 6.92 Å². The summed E-state index contributed by atoms with van der Waals surface area (Å²) in [5, 5.41) is 0. The smallest absolute Gasteiger partial charge is 0.207 e. The fourth-order valence-electron chi connectivity index (χ4n) is 6.34. The van der Waals surface area contributed by atoms with E-state index in [4.69, 9.17) is 9.47 Å². The predicted octanol–water partition coefficient (Wildman–Crippen LogP) is 10.8. The van der Waals surface area contributed by atoms with Gasteiger partial charge in [0.1, 0.15) is 17.2 Å². The minimum Gasteiger partial charge on any atom is -0.497 e. The van der Waals surface area contributed by atoms with Crippen LogP contribution in [-0.4, -0.2) is 52.5 Å². The fourth-order valence-corrected chi connectivity index (χ4v) is 11.5. The van der Waals surface area contributed by atoms with Crippen LogP contribution in [0.25, 0.3) is 0 Å². The van der Waals surface area contributed by atoms with E-state index in [1.54, 1.807) is 31.4 Å². The molecule has 0 radical (unpaired) electrons. The number of hydrogen-bond donors (Lipinski definition) is 0. The van der Waals surface area contributed by atoms with Gasteiger partial charge in [-0.25, -0.2) is 8.42 Å². The molecule has 4 aromatic carbocycles. The molecule has 0 aliphatic rings.